The van der Waals surface area contributed by atoms with Gasteiger partial charge in [-0.25, -0.2) is 0 Å². The predicted molar refractivity (Wildman–Crippen MR) is 413 cm³/mol. The molecule has 11 rings (SSSR count). The van der Waals surface area contributed by atoms with Crippen LogP contribution in [0, 0.1) is 0 Å². The van der Waals surface area contributed by atoms with Crippen LogP contribution in [0.5, 0.6) is 0 Å². The third kappa shape index (κ3) is 15.8. The van der Waals surface area contributed by atoms with Gasteiger partial charge in [-0.05, 0) is 131 Å². The lowest BCUT2D eigenvalue weighted by molar-refractivity contribution is -0.124. The second-order valence-electron chi connectivity index (χ2n) is 28.3. The normalized spacial score (nSPS) is 15.8. The van der Waals surface area contributed by atoms with E-state index in [1.807, 2.05) is 31.7 Å². The summed E-state index contributed by atoms with van der Waals surface area (Å²) in [7, 11) is 0. The topological polar surface area (TPSA) is 81.2 Å². The number of carbonyl (C=O) groups excluding carboxylic acids is 4. The number of carbonyl (C=O) groups is 4. The molecule has 12 heteroatoms. The second kappa shape index (κ2) is 35.4. The Bertz CT molecular complexity index is 3530. The second-order valence-corrected chi connectivity index (χ2v) is 32.4. The SMILES string of the molecule is CCCCCCCCN1C(=O)C2=C(c3ccc(-c4ccc5c(c4)-c4cc(-c6ccc(C7=C8C(=O)N(CCCCCCCC)C(c9cccs9)=C8C(=O)N7CCCCCCCC)s6)ccc4C5(CCCCCC)CCCCCC)s3)N(CCCCCCCC)C(=O)C2=C1c1cccs1. The Morgan fingerprint density at radius 1 is 0.299 bits per heavy atom. The first-order valence-corrected chi connectivity index (χ1v) is 41.9. The number of hydrogen-bond donors (Lipinski definition) is 0. The summed E-state index contributed by atoms with van der Waals surface area (Å²) in [6.45, 7) is 16.0. The average Bonchev–Trinajstić information content (AvgIpc) is 1.57. The number of benzene rings is 2. The zero-order chi connectivity index (χ0) is 67.7. The molecule has 4 aromatic heterocycles. The Hall–Kier alpha value is -5.92. The summed E-state index contributed by atoms with van der Waals surface area (Å²) in [5.41, 5.74) is 13.2. The third-order valence-electron chi connectivity index (χ3n) is 21.3. The molecule has 0 bridgehead atoms. The van der Waals surface area contributed by atoms with Crippen molar-refractivity contribution in [2.45, 2.75) is 265 Å². The number of unbranched alkanes of at least 4 members (excludes halogenated alkanes) is 26. The van der Waals surface area contributed by atoms with Crippen molar-refractivity contribution in [2.75, 3.05) is 26.2 Å². The molecule has 0 spiro atoms. The van der Waals surface area contributed by atoms with Gasteiger partial charge in [-0.2, -0.15) is 0 Å². The van der Waals surface area contributed by atoms with Gasteiger partial charge < -0.3 is 19.6 Å². The highest BCUT2D eigenvalue weighted by Crippen LogP contribution is 2.58. The van der Waals surface area contributed by atoms with Gasteiger partial charge in [-0.1, -0.05) is 258 Å². The van der Waals surface area contributed by atoms with Gasteiger partial charge in [0.1, 0.15) is 0 Å². The predicted octanol–water partition coefficient (Wildman–Crippen LogP) is 24.5. The van der Waals surface area contributed by atoms with E-state index < -0.39 is 0 Å². The first kappa shape index (κ1) is 72.3. The highest BCUT2D eigenvalue weighted by Gasteiger charge is 2.51. The van der Waals surface area contributed by atoms with Gasteiger partial charge in [-0.15, -0.1) is 45.3 Å². The minimum absolute atomic E-state index is 0.0327. The Labute approximate surface area is 598 Å². The average molecular weight is 1380 g/mol. The molecular formula is C85H110N4O4S4. The maximum Gasteiger partial charge on any atom is 0.261 e. The summed E-state index contributed by atoms with van der Waals surface area (Å²) < 4.78 is 0. The molecule has 2 aromatic carbocycles. The maximum atomic E-state index is 15.3. The van der Waals surface area contributed by atoms with Crippen LogP contribution < -0.4 is 0 Å². The van der Waals surface area contributed by atoms with Crippen molar-refractivity contribution in [3.8, 4) is 32.0 Å². The molecule has 0 radical (unpaired) electrons. The molecule has 0 unspecified atom stereocenters. The lowest BCUT2D eigenvalue weighted by Gasteiger charge is -2.33. The lowest BCUT2D eigenvalue weighted by Crippen LogP contribution is -2.30. The molecule has 0 atom stereocenters. The lowest BCUT2D eigenvalue weighted by atomic mass is 9.70. The van der Waals surface area contributed by atoms with Gasteiger partial charge >= 0.3 is 0 Å². The van der Waals surface area contributed by atoms with Crippen molar-refractivity contribution in [1.82, 2.24) is 19.6 Å². The van der Waals surface area contributed by atoms with E-state index in [0.29, 0.717) is 48.5 Å². The number of rotatable bonds is 44. The van der Waals surface area contributed by atoms with E-state index in [-0.39, 0.29) is 29.0 Å². The number of nitrogens with zero attached hydrogens (tertiary/aromatic N) is 4. The first-order valence-electron chi connectivity index (χ1n) is 38.5. The van der Waals surface area contributed by atoms with Crippen molar-refractivity contribution in [1.29, 1.82) is 0 Å². The van der Waals surface area contributed by atoms with Crippen LogP contribution >= 0.6 is 45.3 Å². The minimum Gasteiger partial charge on any atom is -0.306 e. The molecule has 4 amide bonds. The largest absolute Gasteiger partial charge is 0.306 e. The summed E-state index contributed by atoms with van der Waals surface area (Å²) >= 11 is 6.68. The maximum absolute atomic E-state index is 15.3. The molecule has 4 aliphatic heterocycles. The molecule has 0 fully saturated rings. The van der Waals surface area contributed by atoms with Crippen molar-refractivity contribution in [3.63, 3.8) is 0 Å². The number of thiophene rings is 4. The quantitative estimate of drug-likeness (QED) is 0.0357. The van der Waals surface area contributed by atoms with E-state index in [1.54, 1.807) is 45.3 Å². The van der Waals surface area contributed by atoms with E-state index >= 15 is 19.2 Å². The summed E-state index contributed by atoms with van der Waals surface area (Å²) in [5, 5.41) is 4.13. The fraction of sp³-hybridized carbons (Fsp3) is 0.529. The zero-order valence-corrected chi connectivity index (χ0v) is 62.9. The molecule has 0 saturated heterocycles. The van der Waals surface area contributed by atoms with Crippen LogP contribution in [0.2, 0.25) is 0 Å². The van der Waals surface area contributed by atoms with Crippen LogP contribution in [-0.4, -0.2) is 69.4 Å². The minimum atomic E-state index is -0.133. The van der Waals surface area contributed by atoms with Crippen LogP contribution in [0.4, 0.5) is 0 Å². The van der Waals surface area contributed by atoms with Crippen molar-refractivity contribution < 1.29 is 19.2 Å². The van der Waals surface area contributed by atoms with Gasteiger partial charge in [0.15, 0.2) is 0 Å². The number of amides is 4. The number of fused-ring (bicyclic) bond motifs is 5. The van der Waals surface area contributed by atoms with Crippen LogP contribution in [0.25, 0.3) is 54.8 Å². The van der Waals surface area contributed by atoms with Gasteiger partial charge in [-0.3, -0.25) is 19.2 Å². The van der Waals surface area contributed by atoms with Crippen molar-refractivity contribution >= 4 is 91.8 Å². The molecular weight excluding hydrogens is 1270 g/mol. The molecule has 1 aliphatic carbocycles. The standard InChI is InChI=1S/C85H110N4O4S4/c1-7-13-19-25-29-35-53-86-77(69-41-39-57-94-69)73-75(83(86)92)79(88(81(73)90)55-37-31-27-21-15-9-3)71-49-47-67(96-71)61-43-45-65-63(59-61)64-60-62(44-46-66(64)85(65,51-33-23-17-11-5)52-34-24-18-12-6)68-48-50-72(97-68)80-76-74(82(91)89(80)56-38-32-28-22-16-10-4)78(70-42-40-58-95-70)87(84(76)93)54-36-30-26-20-14-8-2/h39-50,57-60H,7-38,51-56H2,1-6H3. The van der Waals surface area contributed by atoms with Crippen LogP contribution in [0.3, 0.4) is 0 Å². The van der Waals surface area contributed by atoms with E-state index in [2.05, 4.69) is 125 Å². The molecule has 6 aromatic rings. The van der Waals surface area contributed by atoms with E-state index in [1.165, 1.54) is 151 Å². The smallest absolute Gasteiger partial charge is 0.261 e. The molecule has 8 heterocycles. The Kier molecular flexibility index (Phi) is 26.4. The van der Waals surface area contributed by atoms with Gasteiger partial charge in [0.25, 0.3) is 23.6 Å². The molecule has 5 aliphatic rings. The monoisotopic (exact) mass is 1380 g/mol. The molecule has 0 saturated carbocycles. The van der Waals surface area contributed by atoms with Crippen LogP contribution in [0.1, 0.15) is 290 Å². The van der Waals surface area contributed by atoms with E-state index in [0.717, 1.165) is 153 Å². The fourth-order valence-electron chi connectivity index (χ4n) is 16.1. The van der Waals surface area contributed by atoms with Crippen LogP contribution in [-0.2, 0) is 24.6 Å². The molecule has 97 heavy (non-hydrogen) atoms. The van der Waals surface area contributed by atoms with Gasteiger partial charge in [0.05, 0.1) is 64.6 Å². The van der Waals surface area contributed by atoms with Gasteiger partial charge in [0, 0.05) is 41.3 Å². The van der Waals surface area contributed by atoms with E-state index in [9.17, 15) is 0 Å². The highest BCUT2D eigenvalue weighted by molar-refractivity contribution is 7.17. The summed E-state index contributed by atoms with van der Waals surface area (Å²) in [4.78, 5) is 75.2. The Morgan fingerprint density at radius 2 is 0.577 bits per heavy atom. The third-order valence-corrected chi connectivity index (χ3v) is 25.4. The fourth-order valence-corrected chi connectivity index (χ4v) is 19.8. The van der Waals surface area contributed by atoms with Gasteiger partial charge in [0.2, 0.25) is 0 Å². The van der Waals surface area contributed by atoms with Crippen molar-refractivity contribution in [3.05, 3.63) is 149 Å². The zero-order valence-electron chi connectivity index (χ0n) is 59.7. The highest BCUT2D eigenvalue weighted by atomic mass is 32.1. The molecule has 518 valence electrons. The first-order chi connectivity index (χ1) is 47.6. The van der Waals surface area contributed by atoms with Crippen LogP contribution in [0.15, 0.2) is 118 Å². The summed E-state index contributed by atoms with van der Waals surface area (Å²) in [6.07, 6.45) is 38.7. The molecule has 0 N–H and O–H groups in total. The number of hydrogen-bond acceptors (Lipinski definition) is 8. The summed E-state index contributed by atoms with van der Waals surface area (Å²) in [6, 6.07) is 31.8. The van der Waals surface area contributed by atoms with Crippen molar-refractivity contribution in [2.24, 2.45) is 0 Å². The Balaban J connectivity index is 0.982. The molecule has 8 nitrogen and oxygen atoms in total. The van der Waals surface area contributed by atoms with E-state index in [4.69, 9.17) is 0 Å². The summed E-state index contributed by atoms with van der Waals surface area (Å²) in [5.74, 6) is -0.131. The Morgan fingerprint density at radius 3 is 0.876 bits per heavy atom.